The lowest BCUT2D eigenvalue weighted by Gasteiger charge is -2.07. The summed E-state index contributed by atoms with van der Waals surface area (Å²) in [5.74, 6) is 0.0420. The van der Waals surface area contributed by atoms with Crippen molar-refractivity contribution in [3.05, 3.63) is 45.7 Å². The van der Waals surface area contributed by atoms with Gasteiger partial charge in [0.15, 0.2) is 11.2 Å². The lowest BCUT2D eigenvalue weighted by Crippen LogP contribution is -2.17. The molecule has 0 aliphatic heterocycles. The van der Waals surface area contributed by atoms with Crippen LogP contribution in [-0.4, -0.2) is 19.9 Å². The number of fused-ring (bicyclic) bond motifs is 1. The maximum absolute atomic E-state index is 11.7. The van der Waals surface area contributed by atoms with Gasteiger partial charge in [-0.25, -0.2) is 9.97 Å². The first-order valence-corrected chi connectivity index (χ1v) is 6.23. The number of aromatic nitrogens is 4. The number of hydrogen-bond acceptors (Lipinski definition) is 6. The molecule has 0 spiro atoms. The monoisotopic (exact) mass is 270 g/mol. The van der Waals surface area contributed by atoms with Gasteiger partial charge in [0.05, 0.1) is 18.4 Å². The van der Waals surface area contributed by atoms with Crippen LogP contribution in [0.3, 0.4) is 0 Å². The van der Waals surface area contributed by atoms with E-state index in [1.807, 2.05) is 6.08 Å². The Morgan fingerprint density at radius 2 is 2.25 bits per heavy atom. The molecule has 1 aliphatic rings. The topological polar surface area (TPSA) is 110 Å². The van der Waals surface area contributed by atoms with Gasteiger partial charge in [0.25, 0.3) is 5.56 Å². The molecule has 2 aromatic rings. The minimum Gasteiger partial charge on any atom is -0.382 e. The molecule has 0 radical (unpaired) electrons. The number of nitrogen functional groups attached to an aromatic ring is 1. The van der Waals surface area contributed by atoms with Crippen molar-refractivity contribution in [1.82, 2.24) is 25.3 Å². The van der Waals surface area contributed by atoms with Crippen molar-refractivity contribution in [3.8, 4) is 0 Å². The molecule has 3 rings (SSSR count). The van der Waals surface area contributed by atoms with E-state index in [1.165, 1.54) is 5.57 Å². The van der Waals surface area contributed by atoms with Gasteiger partial charge in [-0.1, -0.05) is 11.6 Å². The maximum atomic E-state index is 11.7. The Kier molecular flexibility index (Phi) is 2.94. The minimum atomic E-state index is -0.376. The zero-order valence-corrected chi connectivity index (χ0v) is 11.0. The highest BCUT2D eigenvalue weighted by Crippen LogP contribution is 2.15. The molecule has 7 nitrogen and oxygen atoms in total. The number of nitrogens with zero attached hydrogens (tertiary/aromatic N) is 3. The van der Waals surface area contributed by atoms with E-state index in [4.69, 9.17) is 5.73 Å². The van der Waals surface area contributed by atoms with Crippen LogP contribution in [0.5, 0.6) is 0 Å². The number of aromatic amines is 1. The van der Waals surface area contributed by atoms with Crippen LogP contribution in [0.2, 0.25) is 0 Å². The second kappa shape index (κ2) is 4.76. The minimum absolute atomic E-state index is 0.0420. The van der Waals surface area contributed by atoms with Gasteiger partial charge in [-0.2, -0.15) is 4.98 Å². The van der Waals surface area contributed by atoms with Crippen LogP contribution in [0.4, 0.5) is 5.95 Å². The Labute approximate surface area is 114 Å². The fourth-order valence-electron chi connectivity index (χ4n) is 2.04. The van der Waals surface area contributed by atoms with Crippen LogP contribution in [0.25, 0.3) is 11.2 Å². The van der Waals surface area contributed by atoms with Crippen molar-refractivity contribution in [2.75, 3.05) is 5.73 Å². The number of allylic oxidation sites excluding steroid dienone is 3. The lowest BCUT2D eigenvalue weighted by atomic mass is 10.2. The van der Waals surface area contributed by atoms with Crippen LogP contribution in [0.1, 0.15) is 19.0 Å². The quantitative estimate of drug-likeness (QED) is 0.754. The van der Waals surface area contributed by atoms with E-state index in [0.29, 0.717) is 12.2 Å². The van der Waals surface area contributed by atoms with Crippen LogP contribution < -0.4 is 16.6 Å². The predicted octanol–water partition coefficient (Wildman–Crippen LogP) is 0.619. The first-order valence-electron chi connectivity index (χ1n) is 6.23. The highest BCUT2D eigenvalue weighted by molar-refractivity contribution is 5.69. The lowest BCUT2D eigenvalue weighted by molar-refractivity contribution is 0.765. The van der Waals surface area contributed by atoms with Gasteiger partial charge >= 0.3 is 0 Å². The highest BCUT2D eigenvalue weighted by atomic mass is 16.1. The largest absolute Gasteiger partial charge is 0.382 e. The van der Waals surface area contributed by atoms with Gasteiger partial charge in [0.2, 0.25) is 5.95 Å². The second-order valence-corrected chi connectivity index (χ2v) is 4.72. The van der Waals surface area contributed by atoms with E-state index in [2.05, 4.69) is 38.3 Å². The van der Waals surface area contributed by atoms with E-state index in [-0.39, 0.29) is 22.7 Å². The summed E-state index contributed by atoms with van der Waals surface area (Å²) in [6, 6.07) is 0. The van der Waals surface area contributed by atoms with Gasteiger partial charge in [0.1, 0.15) is 0 Å². The fraction of sp³-hybridized carbons (Fsp3) is 0.231. The summed E-state index contributed by atoms with van der Waals surface area (Å²) in [7, 11) is 0. The predicted molar refractivity (Wildman–Crippen MR) is 75.7 cm³/mol. The first-order chi connectivity index (χ1) is 9.61. The van der Waals surface area contributed by atoms with E-state index in [1.54, 1.807) is 6.20 Å². The Morgan fingerprint density at radius 1 is 1.40 bits per heavy atom. The molecule has 0 bridgehead atoms. The zero-order valence-electron chi connectivity index (χ0n) is 11.0. The smallest absolute Gasteiger partial charge is 0.280 e. The average molecular weight is 270 g/mol. The van der Waals surface area contributed by atoms with Crippen LogP contribution >= 0.6 is 0 Å². The molecule has 0 atom stereocenters. The standard InChI is InChI=1S/C13H14N6O/c1-7-2-3-8(4-7)15-5-9-6-16-11-10(17-9)12(20)19-13(14)18-11/h2-3,6,15H,4-5H2,1H3,(H3,14,16,18,19,20). The highest BCUT2D eigenvalue weighted by Gasteiger charge is 2.08. The summed E-state index contributed by atoms with van der Waals surface area (Å²) in [6.45, 7) is 2.59. The molecular formula is C13H14N6O. The summed E-state index contributed by atoms with van der Waals surface area (Å²) in [4.78, 5) is 26.5. The summed E-state index contributed by atoms with van der Waals surface area (Å²) in [5, 5.41) is 3.27. The molecule has 1 aliphatic carbocycles. The van der Waals surface area contributed by atoms with Gasteiger partial charge in [0, 0.05) is 12.1 Å². The van der Waals surface area contributed by atoms with Gasteiger partial charge in [-0.3, -0.25) is 9.78 Å². The molecule has 0 saturated heterocycles. The SMILES string of the molecule is CC1=CC=C(NCc2cnc3nc(N)[nH]c(=O)c3n2)C1. The number of anilines is 1. The van der Waals surface area contributed by atoms with E-state index in [9.17, 15) is 4.79 Å². The molecule has 0 unspecified atom stereocenters. The van der Waals surface area contributed by atoms with Crippen molar-refractivity contribution < 1.29 is 0 Å². The van der Waals surface area contributed by atoms with E-state index >= 15 is 0 Å². The van der Waals surface area contributed by atoms with Crippen molar-refractivity contribution in [3.63, 3.8) is 0 Å². The molecule has 20 heavy (non-hydrogen) atoms. The van der Waals surface area contributed by atoms with E-state index in [0.717, 1.165) is 12.1 Å². The second-order valence-electron chi connectivity index (χ2n) is 4.72. The number of nitrogens with two attached hydrogens (primary N) is 1. The van der Waals surface area contributed by atoms with Crippen LogP contribution in [-0.2, 0) is 6.54 Å². The Morgan fingerprint density at radius 3 is 3.00 bits per heavy atom. The Balaban J connectivity index is 1.81. The third-order valence-corrected chi connectivity index (χ3v) is 3.02. The summed E-state index contributed by atoms with van der Waals surface area (Å²) < 4.78 is 0. The van der Waals surface area contributed by atoms with Crippen molar-refractivity contribution in [2.24, 2.45) is 0 Å². The molecule has 2 aromatic heterocycles. The van der Waals surface area contributed by atoms with Crippen molar-refractivity contribution in [1.29, 1.82) is 0 Å². The molecule has 0 aromatic carbocycles. The molecule has 102 valence electrons. The fourth-order valence-corrected chi connectivity index (χ4v) is 2.04. The van der Waals surface area contributed by atoms with Gasteiger partial charge < -0.3 is 11.1 Å². The molecule has 0 saturated carbocycles. The number of rotatable bonds is 3. The first kappa shape index (κ1) is 12.3. The molecule has 2 heterocycles. The van der Waals surface area contributed by atoms with Gasteiger partial charge in [-0.05, 0) is 13.0 Å². The van der Waals surface area contributed by atoms with Gasteiger partial charge in [-0.15, -0.1) is 0 Å². The average Bonchev–Trinajstić information content (AvgIpc) is 2.82. The summed E-state index contributed by atoms with van der Waals surface area (Å²) in [5.41, 5.74) is 8.67. The van der Waals surface area contributed by atoms with Crippen molar-refractivity contribution in [2.45, 2.75) is 19.9 Å². The Bertz CT molecular complexity index is 789. The number of hydrogen-bond donors (Lipinski definition) is 3. The molecule has 0 fully saturated rings. The number of nitrogens with one attached hydrogen (secondary N) is 2. The molecule has 7 heteroatoms. The molecular weight excluding hydrogens is 256 g/mol. The molecule has 4 N–H and O–H groups in total. The third kappa shape index (κ3) is 2.37. The Hall–Kier alpha value is -2.70. The van der Waals surface area contributed by atoms with E-state index < -0.39 is 0 Å². The van der Waals surface area contributed by atoms with Crippen LogP contribution in [0.15, 0.2) is 34.4 Å². The summed E-state index contributed by atoms with van der Waals surface area (Å²) >= 11 is 0. The third-order valence-electron chi connectivity index (χ3n) is 3.02. The number of H-pyrrole nitrogens is 1. The zero-order chi connectivity index (χ0) is 14.1. The van der Waals surface area contributed by atoms with Crippen molar-refractivity contribution >= 4 is 17.1 Å². The maximum Gasteiger partial charge on any atom is 0.280 e. The normalized spacial score (nSPS) is 14.2. The van der Waals surface area contributed by atoms with Crippen LogP contribution in [0, 0.1) is 0 Å². The summed E-state index contributed by atoms with van der Waals surface area (Å²) in [6.07, 6.45) is 6.63. The molecule has 0 amide bonds.